The van der Waals surface area contributed by atoms with Gasteiger partial charge >= 0.3 is 0 Å². The van der Waals surface area contributed by atoms with Gasteiger partial charge in [-0.25, -0.2) is 0 Å². The fourth-order valence-corrected chi connectivity index (χ4v) is 3.11. The number of amides is 1. The maximum absolute atomic E-state index is 10.8. The van der Waals surface area contributed by atoms with E-state index >= 15 is 0 Å². The van der Waals surface area contributed by atoms with Gasteiger partial charge in [-0.05, 0) is 32.4 Å². The third-order valence-electron chi connectivity index (χ3n) is 2.84. The van der Waals surface area contributed by atoms with Crippen molar-refractivity contribution in [2.24, 2.45) is 5.73 Å². The second-order valence-electron chi connectivity index (χ2n) is 4.12. The first-order valence-corrected chi connectivity index (χ1v) is 6.89. The Balaban J connectivity index is 2.07. The van der Waals surface area contributed by atoms with Gasteiger partial charge in [0.2, 0.25) is 5.91 Å². The predicted molar refractivity (Wildman–Crippen MR) is 66.0 cm³/mol. The van der Waals surface area contributed by atoms with E-state index in [1.165, 1.54) is 32.5 Å². The van der Waals surface area contributed by atoms with Crippen molar-refractivity contribution in [1.82, 2.24) is 4.90 Å². The van der Waals surface area contributed by atoms with Crippen LogP contribution in [0.25, 0.3) is 0 Å². The van der Waals surface area contributed by atoms with E-state index in [9.17, 15) is 4.79 Å². The highest BCUT2D eigenvalue weighted by Gasteiger charge is 2.13. The standard InChI is InChI=1S/C11H22N2OS/c1-2-10(9-11(12)14)15-8-7-13-5-3-4-6-13/h10H,2-9H2,1H3,(H2,12,14). The van der Waals surface area contributed by atoms with Crippen molar-refractivity contribution in [2.75, 3.05) is 25.4 Å². The molecule has 0 aliphatic carbocycles. The molecule has 0 aromatic rings. The molecule has 88 valence electrons. The third kappa shape index (κ3) is 5.42. The number of likely N-dealkylation sites (tertiary alicyclic amines) is 1. The van der Waals surface area contributed by atoms with Crippen LogP contribution >= 0.6 is 11.8 Å². The molecular formula is C11H22N2OS. The molecule has 1 unspecified atom stereocenters. The lowest BCUT2D eigenvalue weighted by molar-refractivity contribution is -0.118. The molecule has 1 fully saturated rings. The zero-order valence-electron chi connectivity index (χ0n) is 9.58. The van der Waals surface area contributed by atoms with E-state index in [-0.39, 0.29) is 5.91 Å². The fraction of sp³-hybridized carbons (Fsp3) is 0.909. The topological polar surface area (TPSA) is 46.3 Å². The molecule has 0 radical (unpaired) electrons. The molecule has 4 heteroatoms. The number of primary amides is 1. The lowest BCUT2D eigenvalue weighted by Gasteiger charge is -2.17. The highest BCUT2D eigenvalue weighted by Crippen LogP contribution is 2.18. The molecule has 1 aliphatic rings. The number of hydrogen-bond donors (Lipinski definition) is 1. The number of thioether (sulfide) groups is 1. The Kier molecular flexibility index (Phi) is 6.10. The molecule has 2 N–H and O–H groups in total. The zero-order valence-corrected chi connectivity index (χ0v) is 10.4. The Morgan fingerprint density at radius 1 is 1.47 bits per heavy atom. The van der Waals surface area contributed by atoms with Gasteiger partial charge in [0.15, 0.2) is 0 Å². The monoisotopic (exact) mass is 230 g/mol. The molecule has 1 heterocycles. The summed E-state index contributed by atoms with van der Waals surface area (Å²) in [5.41, 5.74) is 5.20. The van der Waals surface area contributed by atoms with E-state index in [4.69, 9.17) is 5.73 Å². The smallest absolute Gasteiger partial charge is 0.218 e. The van der Waals surface area contributed by atoms with Gasteiger partial charge in [0, 0.05) is 24.0 Å². The van der Waals surface area contributed by atoms with Gasteiger partial charge in [-0.3, -0.25) is 4.79 Å². The zero-order chi connectivity index (χ0) is 11.1. The number of nitrogens with zero attached hydrogens (tertiary/aromatic N) is 1. The molecule has 0 spiro atoms. The highest BCUT2D eigenvalue weighted by molar-refractivity contribution is 7.99. The number of nitrogens with two attached hydrogens (primary N) is 1. The summed E-state index contributed by atoms with van der Waals surface area (Å²) in [4.78, 5) is 13.3. The molecule has 0 bridgehead atoms. The summed E-state index contributed by atoms with van der Waals surface area (Å²) in [5.74, 6) is 0.960. The largest absolute Gasteiger partial charge is 0.370 e. The molecule has 0 aromatic carbocycles. The fourth-order valence-electron chi connectivity index (χ4n) is 1.90. The van der Waals surface area contributed by atoms with E-state index in [0.717, 1.165) is 12.2 Å². The lowest BCUT2D eigenvalue weighted by Crippen LogP contribution is -2.24. The summed E-state index contributed by atoms with van der Waals surface area (Å²) in [6.45, 7) is 5.80. The minimum Gasteiger partial charge on any atom is -0.370 e. The maximum Gasteiger partial charge on any atom is 0.218 e. The molecule has 0 saturated carbocycles. The van der Waals surface area contributed by atoms with Crippen molar-refractivity contribution in [3.8, 4) is 0 Å². The first-order valence-electron chi connectivity index (χ1n) is 5.84. The van der Waals surface area contributed by atoms with E-state index in [1.54, 1.807) is 0 Å². The van der Waals surface area contributed by atoms with Gasteiger partial charge < -0.3 is 10.6 Å². The van der Waals surface area contributed by atoms with Gasteiger partial charge in [-0.15, -0.1) is 0 Å². The van der Waals surface area contributed by atoms with Crippen LogP contribution in [0.5, 0.6) is 0 Å². The van der Waals surface area contributed by atoms with E-state index in [2.05, 4.69) is 11.8 Å². The molecular weight excluding hydrogens is 208 g/mol. The second kappa shape index (κ2) is 7.12. The number of carbonyl (C=O) groups is 1. The number of rotatable bonds is 7. The molecule has 1 amide bonds. The van der Waals surface area contributed by atoms with Crippen LogP contribution in [-0.4, -0.2) is 41.4 Å². The molecule has 0 aromatic heterocycles. The van der Waals surface area contributed by atoms with E-state index in [1.807, 2.05) is 11.8 Å². The Bertz CT molecular complexity index is 193. The summed E-state index contributed by atoms with van der Waals surface area (Å²) >= 11 is 1.89. The average Bonchev–Trinajstić information content (AvgIpc) is 2.68. The van der Waals surface area contributed by atoms with Crippen LogP contribution in [0, 0.1) is 0 Å². The van der Waals surface area contributed by atoms with Crippen molar-refractivity contribution < 1.29 is 4.79 Å². The van der Waals surface area contributed by atoms with Crippen molar-refractivity contribution in [3.63, 3.8) is 0 Å². The third-order valence-corrected chi connectivity index (χ3v) is 4.23. The Morgan fingerprint density at radius 2 is 2.13 bits per heavy atom. The van der Waals surface area contributed by atoms with Crippen LogP contribution in [0.4, 0.5) is 0 Å². The van der Waals surface area contributed by atoms with Crippen LogP contribution < -0.4 is 5.73 Å². The van der Waals surface area contributed by atoms with Crippen LogP contribution in [-0.2, 0) is 4.79 Å². The normalized spacial score (nSPS) is 19.3. The van der Waals surface area contributed by atoms with Gasteiger partial charge in [0.05, 0.1) is 0 Å². The first kappa shape index (κ1) is 12.8. The average molecular weight is 230 g/mol. The highest BCUT2D eigenvalue weighted by atomic mass is 32.2. The van der Waals surface area contributed by atoms with Gasteiger partial charge in [-0.2, -0.15) is 11.8 Å². The number of carbonyl (C=O) groups excluding carboxylic acids is 1. The second-order valence-corrected chi connectivity index (χ2v) is 5.53. The summed E-state index contributed by atoms with van der Waals surface area (Å²) in [7, 11) is 0. The first-order chi connectivity index (χ1) is 7.22. The molecule has 3 nitrogen and oxygen atoms in total. The van der Waals surface area contributed by atoms with Crippen molar-refractivity contribution in [1.29, 1.82) is 0 Å². The van der Waals surface area contributed by atoms with Crippen molar-refractivity contribution >= 4 is 17.7 Å². The van der Waals surface area contributed by atoms with Gasteiger partial charge in [0.1, 0.15) is 0 Å². The van der Waals surface area contributed by atoms with Crippen molar-refractivity contribution in [2.45, 2.75) is 37.9 Å². The summed E-state index contributed by atoms with van der Waals surface area (Å²) in [6, 6.07) is 0. The van der Waals surface area contributed by atoms with Crippen LogP contribution in [0.3, 0.4) is 0 Å². The minimum absolute atomic E-state index is 0.171. The molecule has 1 rings (SSSR count). The molecule has 1 saturated heterocycles. The Hall–Kier alpha value is -0.220. The Morgan fingerprint density at radius 3 is 2.67 bits per heavy atom. The van der Waals surface area contributed by atoms with Gasteiger partial charge in [-0.1, -0.05) is 6.92 Å². The van der Waals surface area contributed by atoms with Crippen LogP contribution in [0.2, 0.25) is 0 Å². The molecule has 1 aliphatic heterocycles. The number of hydrogen-bond acceptors (Lipinski definition) is 3. The van der Waals surface area contributed by atoms with E-state index < -0.39 is 0 Å². The molecule has 1 atom stereocenters. The maximum atomic E-state index is 10.8. The minimum atomic E-state index is -0.171. The lowest BCUT2D eigenvalue weighted by atomic mass is 10.2. The SMILES string of the molecule is CCC(CC(N)=O)SCCN1CCCC1. The van der Waals surface area contributed by atoms with Crippen LogP contribution in [0.15, 0.2) is 0 Å². The van der Waals surface area contributed by atoms with Gasteiger partial charge in [0.25, 0.3) is 0 Å². The molecule has 15 heavy (non-hydrogen) atoms. The summed E-state index contributed by atoms with van der Waals surface area (Å²) < 4.78 is 0. The summed E-state index contributed by atoms with van der Waals surface area (Å²) in [6.07, 6.45) is 4.26. The van der Waals surface area contributed by atoms with E-state index in [0.29, 0.717) is 11.7 Å². The van der Waals surface area contributed by atoms with Crippen molar-refractivity contribution in [3.05, 3.63) is 0 Å². The Labute approximate surface area is 96.8 Å². The van der Waals surface area contributed by atoms with Crippen LogP contribution in [0.1, 0.15) is 32.6 Å². The quantitative estimate of drug-likeness (QED) is 0.720. The predicted octanol–water partition coefficient (Wildman–Crippen LogP) is 1.47. The summed E-state index contributed by atoms with van der Waals surface area (Å²) in [5, 5.41) is 0.421.